The topological polar surface area (TPSA) is 83.0 Å². The normalized spacial score (nSPS) is 17.1. The molecular formula is C23H27FN6O. The lowest BCUT2D eigenvalue weighted by Crippen LogP contribution is -2.35. The molecular weight excluding hydrogens is 395 g/mol. The molecule has 1 aliphatic rings. The van der Waals surface area contributed by atoms with E-state index >= 15 is 0 Å². The molecule has 1 aromatic carbocycles. The Morgan fingerprint density at radius 2 is 2.06 bits per heavy atom. The summed E-state index contributed by atoms with van der Waals surface area (Å²) in [6.07, 6.45) is 2.65. The first kappa shape index (κ1) is 21.0. The van der Waals surface area contributed by atoms with Crippen molar-refractivity contribution in [1.29, 1.82) is 0 Å². The molecule has 3 aromatic rings. The molecule has 1 aliphatic heterocycles. The van der Waals surface area contributed by atoms with Gasteiger partial charge in [0.15, 0.2) is 0 Å². The maximum atomic E-state index is 13.7. The average molecular weight is 423 g/mol. The van der Waals surface area contributed by atoms with Gasteiger partial charge in [0.05, 0.1) is 11.7 Å². The van der Waals surface area contributed by atoms with Crippen LogP contribution in [0.5, 0.6) is 0 Å². The van der Waals surface area contributed by atoms with Crippen molar-refractivity contribution in [3.8, 4) is 0 Å². The Morgan fingerprint density at radius 1 is 1.26 bits per heavy atom. The molecule has 0 spiro atoms. The fourth-order valence-electron chi connectivity index (χ4n) is 4.02. The number of pyridine rings is 1. The first-order chi connectivity index (χ1) is 14.8. The molecule has 2 atom stereocenters. The minimum absolute atomic E-state index is 0.0151. The number of anilines is 2. The van der Waals surface area contributed by atoms with Crippen LogP contribution in [0.4, 0.5) is 16.0 Å². The largest absolute Gasteiger partial charge is 0.363 e. The van der Waals surface area contributed by atoms with E-state index in [-0.39, 0.29) is 23.8 Å². The van der Waals surface area contributed by atoms with E-state index in [0.29, 0.717) is 11.4 Å². The number of rotatable bonds is 5. The third-order valence-electron chi connectivity index (χ3n) is 5.63. The van der Waals surface area contributed by atoms with Crippen molar-refractivity contribution in [2.45, 2.75) is 46.2 Å². The van der Waals surface area contributed by atoms with Gasteiger partial charge in [-0.1, -0.05) is 12.1 Å². The Morgan fingerprint density at radius 3 is 2.81 bits per heavy atom. The van der Waals surface area contributed by atoms with Gasteiger partial charge in [0.1, 0.15) is 23.3 Å². The van der Waals surface area contributed by atoms with Crippen LogP contribution in [-0.2, 0) is 4.79 Å². The minimum atomic E-state index is -0.210. The van der Waals surface area contributed by atoms with Gasteiger partial charge in [-0.2, -0.15) is 0 Å². The summed E-state index contributed by atoms with van der Waals surface area (Å²) in [5.74, 6) is 1.98. The van der Waals surface area contributed by atoms with Crippen LogP contribution < -0.4 is 15.5 Å². The first-order valence-corrected chi connectivity index (χ1v) is 10.5. The summed E-state index contributed by atoms with van der Waals surface area (Å²) in [5.41, 5.74) is 2.36. The average Bonchev–Trinajstić information content (AvgIpc) is 3.17. The number of carbonyl (C=O) groups is 1. The van der Waals surface area contributed by atoms with Crippen molar-refractivity contribution in [2.75, 3.05) is 23.3 Å². The smallest absolute Gasteiger partial charge is 0.217 e. The molecule has 1 saturated heterocycles. The molecule has 4 rings (SSSR count). The molecule has 1 unspecified atom stereocenters. The van der Waals surface area contributed by atoms with Gasteiger partial charge < -0.3 is 15.5 Å². The summed E-state index contributed by atoms with van der Waals surface area (Å²) in [7, 11) is 0. The number of halogens is 1. The maximum Gasteiger partial charge on any atom is 0.217 e. The number of aryl methyl sites for hydroxylation is 2. The Labute approximate surface area is 181 Å². The van der Waals surface area contributed by atoms with E-state index in [4.69, 9.17) is 0 Å². The van der Waals surface area contributed by atoms with E-state index in [2.05, 4.69) is 30.5 Å². The van der Waals surface area contributed by atoms with Crippen LogP contribution in [0.25, 0.3) is 10.9 Å². The first-order valence-electron chi connectivity index (χ1n) is 10.5. The lowest BCUT2D eigenvalue weighted by Gasteiger charge is -2.20. The number of hydrogen-bond donors (Lipinski definition) is 2. The molecule has 0 saturated carbocycles. The fraction of sp³-hybridized carbons (Fsp3) is 0.391. The van der Waals surface area contributed by atoms with Gasteiger partial charge >= 0.3 is 0 Å². The summed E-state index contributed by atoms with van der Waals surface area (Å²) >= 11 is 0. The molecule has 162 valence electrons. The Bertz CT molecular complexity index is 1130. The highest BCUT2D eigenvalue weighted by Gasteiger charge is 2.24. The van der Waals surface area contributed by atoms with Crippen molar-refractivity contribution < 1.29 is 9.18 Å². The molecule has 2 N–H and O–H groups in total. The third-order valence-corrected chi connectivity index (χ3v) is 5.63. The van der Waals surface area contributed by atoms with Crippen LogP contribution in [0.3, 0.4) is 0 Å². The number of aromatic nitrogens is 3. The number of nitrogens with zero attached hydrogens (tertiary/aromatic N) is 4. The summed E-state index contributed by atoms with van der Waals surface area (Å²) in [6, 6.07) is 7.19. The van der Waals surface area contributed by atoms with Crippen molar-refractivity contribution in [3.63, 3.8) is 0 Å². The van der Waals surface area contributed by atoms with Crippen molar-refractivity contribution in [2.24, 2.45) is 0 Å². The quantitative estimate of drug-likeness (QED) is 0.653. The molecule has 7 nitrogen and oxygen atoms in total. The second-order valence-corrected chi connectivity index (χ2v) is 8.19. The Kier molecular flexibility index (Phi) is 5.71. The number of benzene rings is 1. The SMILES string of the molecule is CC(=O)N[C@@H]1CCN(c2cc3c(NC(C)c4ccc(F)c(C)c4)nc(C)nc3cn2)C1. The maximum absolute atomic E-state index is 13.7. The molecule has 0 aliphatic carbocycles. The second kappa shape index (κ2) is 8.45. The lowest BCUT2D eigenvalue weighted by molar-refractivity contribution is -0.119. The van der Waals surface area contributed by atoms with Gasteiger partial charge in [0.2, 0.25) is 5.91 Å². The van der Waals surface area contributed by atoms with Gasteiger partial charge in [-0.3, -0.25) is 4.79 Å². The van der Waals surface area contributed by atoms with Crippen molar-refractivity contribution >= 4 is 28.4 Å². The standard InChI is InChI=1S/C23H27FN6O/c1-13-9-17(5-6-20(13)24)14(2)26-23-19-10-22(25-11-21(19)27-15(3)28-23)30-8-7-18(12-30)29-16(4)31/h5-6,9-11,14,18H,7-8,12H2,1-4H3,(H,29,31)(H,26,27,28)/t14?,18-/m1/s1. The van der Waals surface area contributed by atoms with Crippen LogP contribution in [0.1, 0.15) is 43.3 Å². The zero-order valence-electron chi connectivity index (χ0n) is 18.2. The van der Waals surface area contributed by atoms with Crippen molar-refractivity contribution in [3.05, 3.63) is 53.2 Å². The zero-order chi connectivity index (χ0) is 22.1. The minimum Gasteiger partial charge on any atom is -0.363 e. The summed E-state index contributed by atoms with van der Waals surface area (Å²) in [5, 5.41) is 7.32. The van der Waals surface area contributed by atoms with Crippen LogP contribution in [-0.4, -0.2) is 40.0 Å². The molecule has 2 aromatic heterocycles. The molecule has 3 heterocycles. The van der Waals surface area contributed by atoms with Crippen LogP contribution in [0, 0.1) is 19.7 Å². The molecule has 8 heteroatoms. The van der Waals surface area contributed by atoms with Gasteiger partial charge in [-0.25, -0.2) is 19.3 Å². The number of carbonyl (C=O) groups excluding carboxylic acids is 1. The highest BCUT2D eigenvalue weighted by atomic mass is 19.1. The number of nitrogens with one attached hydrogen (secondary N) is 2. The zero-order valence-corrected chi connectivity index (χ0v) is 18.2. The van der Waals surface area contributed by atoms with E-state index < -0.39 is 0 Å². The monoisotopic (exact) mass is 422 g/mol. The van der Waals surface area contributed by atoms with E-state index in [1.54, 1.807) is 26.1 Å². The number of hydrogen-bond acceptors (Lipinski definition) is 6. The van der Waals surface area contributed by atoms with Crippen LogP contribution >= 0.6 is 0 Å². The van der Waals surface area contributed by atoms with E-state index in [1.165, 1.54) is 6.07 Å². The molecule has 0 bridgehead atoms. The molecule has 1 amide bonds. The predicted molar refractivity (Wildman–Crippen MR) is 120 cm³/mol. The van der Waals surface area contributed by atoms with Gasteiger partial charge in [0.25, 0.3) is 0 Å². The number of fused-ring (bicyclic) bond motifs is 1. The van der Waals surface area contributed by atoms with Crippen LogP contribution in [0.15, 0.2) is 30.5 Å². The summed E-state index contributed by atoms with van der Waals surface area (Å²) < 4.78 is 13.7. The Hall–Kier alpha value is -3.29. The second-order valence-electron chi connectivity index (χ2n) is 8.19. The lowest BCUT2D eigenvalue weighted by atomic mass is 10.1. The van der Waals surface area contributed by atoms with Gasteiger partial charge in [-0.15, -0.1) is 0 Å². The van der Waals surface area contributed by atoms with E-state index in [0.717, 1.165) is 47.6 Å². The van der Waals surface area contributed by atoms with Gasteiger partial charge in [0, 0.05) is 37.5 Å². The van der Waals surface area contributed by atoms with Crippen LogP contribution in [0.2, 0.25) is 0 Å². The molecule has 0 radical (unpaired) electrons. The highest BCUT2D eigenvalue weighted by Crippen LogP contribution is 2.29. The fourth-order valence-corrected chi connectivity index (χ4v) is 4.02. The van der Waals surface area contributed by atoms with E-state index in [1.807, 2.05) is 26.0 Å². The van der Waals surface area contributed by atoms with Gasteiger partial charge in [-0.05, 0) is 50.5 Å². The Balaban J connectivity index is 1.63. The van der Waals surface area contributed by atoms with E-state index in [9.17, 15) is 9.18 Å². The summed E-state index contributed by atoms with van der Waals surface area (Å²) in [4.78, 5) is 27.3. The third kappa shape index (κ3) is 4.57. The summed E-state index contributed by atoms with van der Waals surface area (Å²) in [6.45, 7) is 8.72. The highest BCUT2D eigenvalue weighted by molar-refractivity contribution is 5.90. The van der Waals surface area contributed by atoms with Crippen molar-refractivity contribution in [1.82, 2.24) is 20.3 Å². The predicted octanol–water partition coefficient (Wildman–Crippen LogP) is 3.67. The molecule has 1 fully saturated rings. The number of amides is 1. The molecule has 31 heavy (non-hydrogen) atoms.